The van der Waals surface area contributed by atoms with Crippen LogP contribution in [0.4, 0.5) is 5.82 Å². The summed E-state index contributed by atoms with van der Waals surface area (Å²) in [5.74, 6) is 1.43. The van der Waals surface area contributed by atoms with Crippen molar-refractivity contribution < 1.29 is 4.79 Å². The van der Waals surface area contributed by atoms with E-state index in [1.807, 2.05) is 12.1 Å². The fourth-order valence-electron chi connectivity index (χ4n) is 2.73. The minimum atomic E-state index is -0.0179. The molecule has 21 heavy (non-hydrogen) atoms. The van der Waals surface area contributed by atoms with Crippen LogP contribution in [0.25, 0.3) is 0 Å². The van der Waals surface area contributed by atoms with Crippen LogP contribution in [-0.4, -0.2) is 54.2 Å². The summed E-state index contributed by atoms with van der Waals surface area (Å²) in [7, 11) is 2.18. The third-order valence-electron chi connectivity index (χ3n) is 3.74. The highest BCUT2D eigenvalue weighted by Crippen LogP contribution is 2.19. The highest BCUT2D eigenvalue weighted by Gasteiger charge is 2.18. The zero-order valence-electron chi connectivity index (χ0n) is 12.9. The first-order valence-electron chi connectivity index (χ1n) is 7.63. The molecular formula is C15H25N5O. The van der Waals surface area contributed by atoms with Crippen molar-refractivity contribution in [2.45, 2.75) is 26.2 Å². The summed E-state index contributed by atoms with van der Waals surface area (Å²) in [5, 5.41) is 14.4. The molecule has 2 N–H and O–H groups in total. The molecule has 6 heteroatoms. The van der Waals surface area contributed by atoms with E-state index in [2.05, 4.69) is 32.8 Å². The number of anilines is 1. The molecule has 1 unspecified atom stereocenters. The number of piperidine rings is 1. The van der Waals surface area contributed by atoms with Gasteiger partial charge in [0.15, 0.2) is 0 Å². The van der Waals surface area contributed by atoms with Gasteiger partial charge >= 0.3 is 0 Å². The molecule has 1 aliphatic heterocycles. The van der Waals surface area contributed by atoms with Crippen molar-refractivity contribution in [3.8, 4) is 0 Å². The summed E-state index contributed by atoms with van der Waals surface area (Å²) in [6, 6.07) is 4.00. The normalized spacial score (nSPS) is 19.2. The standard InChI is InChI=1S/C15H25N5O/c1-12(21)16-7-8-17-15-6-5-14(18-19-15)10-13-4-3-9-20(2)11-13/h5-6,13H,3-4,7-11H2,1-2H3,(H,16,21)(H,17,19). The van der Waals surface area contributed by atoms with Crippen molar-refractivity contribution in [3.05, 3.63) is 17.8 Å². The van der Waals surface area contributed by atoms with Crippen LogP contribution >= 0.6 is 0 Å². The summed E-state index contributed by atoms with van der Waals surface area (Å²) in [4.78, 5) is 13.1. The smallest absolute Gasteiger partial charge is 0.216 e. The largest absolute Gasteiger partial charge is 0.367 e. The zero-order chi connectivity index (χ0) is 15.1. The topological polar surface area (TPSA) is 70.2 Å². The average molecular weight is 291 g/mol. The Kier molecular flexibility index (Phi) is 5.92. The number of carbonyl (C=O) groups excluding carboxylic acids is 1. The molecule has 1 saturated heterocycles. The van der Waals surface area contributed by atoms with Crippen LogP contribution in [0.15, 0.2) is 12.1 Å². The van der Waals surface area contributed by atoms with Gasteiger partial charge in [-0.3, -0.25) is 4.79 Å². The number of nitrogens with zero attached hydrogens (tertiary/aromatic N) is 3. The Bertz CT molecular complexity index is 448. The van der Waals surface area contributed by atoms with Gasteiger partial charge in [0.05, 0.1) is 5.69 Å². The van der Waals surface area contributed by atoms with E-state index < -0.39 is 0 Å². The van der Waals surface area contributed by atoms with Crippen molar-refractivity contribution in [1.82, 2.24) is 20.4 Å². The van der Waals surface area contributed by atoms with Gasteiger partial charge in [0.25, 0.3) is 0 Å². The lowest BCUT2D eigenvalue weighted by atomic mass is 9.94. The number of amides is 1. The van der Waals surface area contributed by atoms with E-state index >= 15 is 0 Å². The summed E-state index contributed by atoms with van der Waals surface area (Å²) in [6.07, 6.45) is 3.56. The van der Waals surface area contributed by atoms with Gasteiger partial charge in [-0.25, -0.2) is 0 Å². The molecule has 0 saturated carbocycles. The lowest BCUT2D eigenvalue weighted by molar-refractivity contribution is -0.118. The van der Waals surface area contributed by atoms with Gasteiger partial charge in [0, 0.05) is 26.6 Å². The molecule has 2 rings (SSSR count). The van der Waals surface area contributed by atoms with E-state index in [0.29, 0.717) is 19.0 Å². The molecular weight excluding hydrogens is 266 g/mol. The molecule has 1 amide bonds. The second kappa shape index (κ2) is 7.93. The van der Waals surface area contributed by atoms with Gasteiger partial charge in [-0.05, 0) is 50.9 Å². The number of aromatic nitrogens is 2. The zero-order valence-corrected chi connectivity index (χ0v) is 12.9. The Morgan fingerprint density at radius 2 is 2.24 bits per heavy atom. The summed E-state index contributed by atoms with van der Waals surface area (Å²) < 4.78 is 0. The molecule has 6 nitrogen and oxygen atoms in total. The molecule has 0 radical (unpaired) electrons. The molecule has 2 heterocycles. The second-order valence-corrected chi connectivity index (χ2v) is 5.79. The van der Waals surface area contributed by atoms with Crippen molar-refractivity contribution in [1.29, 1.82) is 0 Å². The van der Waals surface area contributed by atoms with Crippen molar-refractivity contribution in [2.24, 2.45) is 5.92 Å². The fraction of sp³-hybridized carbons (Fsp3) is 0.667. The number of nitrogens with one attached hydrogen (secondary N) is 2. The minimum Gasteiger partial charge on any atom is -0.367 e. The lowest BCUT2D eigenvalue weighted by Crippen LogP contribution is -2.33. The number of carbonyl (C=O) groups is 1. The van der Waals surface area contributed by atoms with Crippen molar-refractivity contribution in [3.63, 3.8) is 0 Å². The maximum Gasteiger partial charge on any atom is 0.216 e. The van der Waals surface area contributed by atoms with Crippen molar-refractivity contribution >= 4 is 11.7 Å². The first kappa shape index (κ1) is 15.7. The molecule has 116 valence electrons. The summed E-state index contributed by atoms with van der Waals surface area (Å²) in [5.41, 5.74) is 1.06. The van der Waals surface area contributed by atoms with Gasteiger partial charge in [-0.1, -0.05) is 0 Å². The van der Waals surface area contributed by atoms with Crippen LogP contribution in [0.3, 0.4) is 0 Å². The van der Waals surface area contributed by atoms with E-state index in [9.17, 15) is 4.79 Å². The molecule has 0 aromatic carbocycles. The van der Waals surface area contributed by atoms with E-state index in [0.717, 1.165) is 24.5 Å². The van der Waals surface area contributed by atoms with E-state index in [1.54, 1.807) is 0 Å². The van der Waals surface area contributed by atoms with E-state index in [4.69, 9.17) is 0 Å². The maximum atomic E-state index is 10.7. The highest BCUT2D eigenvalue weighted by atomic mass is 16.1. The van der Waals surface area contributed by atoms with Crippen LogP contribution in [-0.2, 0) is 11.2 Å². The average Bonchev–Trinajstić information content (AvgIpc) is 2.45. The molecule has 1 aliphatic rings. The van der Waals surface area contributed by atoms with Crippen LogP contribution < -0.4 is 10.6 Å². The molecule has 0 bridgehead atoms. The molecule has 1 aromatic rings. The van der Waals surface area contributed by atoms with Crippen LogP contribution in [0.5, 0.6) is 0 Å². The predicted octanol–water partition coefficient (Wildman–Crippen LogP) is 0.909. The Labute approximate surface area is 126 Å². The number of hydrogen-bond acceptors (Lipinski definition) is 5. The van der Waals surface area contributed by atoms with Crippen LogP contribution in [0.1, 0.15) is 25.5 Å². The lowest BCUT2D eigenvalue weighted by Gasteiger charge is -2.29. The van der Waals surface area contributed by atoms with Crippen LogP contribution in [0, 0.1) is 5.92 Å². The van der Waals surface area contributed by atoms with E-state index in [1.165, 1.54) is 26.3 Å². The molecule has 0 aliphatic carbocycles. The Morgan fingerprint density at radius 3 is 2.90 bits per heavy atom. The Hall–Kier alpha value is -1.69. The Balaban J connectivity index is 1.75. The van der Waals surface area contributed by atoms with Gasteiger partial charge in [0.2, 0.25) is 5.91 Å². The number of likely N-dealkylation sites (tertiary alicyclic amines) is 1. The molecule has 1 aromatic heterocycles. The molecule has 1 fully saturated rings. The minimum absolute atomic E-state index is 0.0179. The fourth-order valence-corrected chi connectivity index (χ4v) is 2.73. The first-order chi connectivity index (χ1) is 10.1. The van der Waals surface area contributed by atoms with Crippen molar-refractivity contribution in [2.75, 3.05) is 38.5 Å². The number of hydrogen-bond donors (Lipinski definition) is 2. The van der Waals surface area contributed by atoms with Gasteiger partial charge in [-0.15, -0.1) is 5.10 Å². The monoisotopic (exact) mass is 291 g/mol. The highest BCUT2D eigenvalue weighted by molar-refractivity contribution is 5.72. The van der Waals surface area contributed by atoms with Gasteiger partial charge in [-0.2, -0.15) is 5.10 Å². The Morgan fingerprint density at radius 1 is 1.38 bits per heavy atom. The van der Waals surface area contributed by atoms with E-state index in [-0.39, 0.29) is 5.91 Å². The summed E-state index contributed by atoms with van der Waals surface area (Å²) >= 11 is 0. The maximum absolute atomic E-state index is 10.7. The SMILES string of the molecule is CC(=O)NCCNc1ccc(CC2CCCN(C)C2)nn1. The predicted molar refractivity (Wildman–Crippen MR) is 83.1 cm³/mol. The number of rotatable bonds is 6. The first-order valence-corrected chi connectivity index (χ1v) is 7.63. The third-order valence-corrected chi connectivity index (χ3v) is 3.74. The van der Waals surface area contributed by atoms with Gasteiger partial charge < -0.3 is 15.5 Å². The van der Waals surface area contributed by atoms with Gasteiger partial charge in [0.1, 0.15) is 5.82 Å². The molecule has 0 spiro atoms. The quantitative estimate of drug-likeness (QED) is 0.762. The second-order valence-electron chi connectivity index (χ2n) is 5.79. The van der Waals surface area contributed by atoms with Crippen LogP contribution in [0.2, 0.25) is 0 Å². The summed E-state index contributed by atoms with van der Waals surface area (Å²) in [6.45, 7) is 5.11. The molecule has 1 atom stereocenters. The third kappa shape index (κ3) is 5.67.